The lowest BCUT2D eigenvalue weighted by Crippen LogP contribution is -2.11. The summed E-state index contributed by atoms with van der Waals surface area (Å²) >= 11 is 0. The summed E-state index contributed by atoms with van der Waals surface area (Å²) in [5, 5.41) is 9.11. The Bertz CT molecular complexity index is 452. The smallest absolute Gasteiger partial charge is 0.416 e. The molecule has 0 aromatic heterocycles. The molecule has 1 aromatic rings. The first-order chi connectivity index (χ1) is 8.02. The minimum atomic E-state index is -4.33. The number of ether oxygens (including phenoxy) is 1. The molecule has 1 aromatic carbocycles. The third-order valence-electron chi connectivity index (χ3n) is 3.67. The van der Waals surface area contributed by atoms with Crippen LogP contribution in [-0.2, 0) is 6.18 Å². The molecule has 2 nitrogen and oxygen atoms in total. The van der Waals surface area contributed by atoms with Gasteiger partial charge in [-0.3, -0.25) is 0 Å². The minimum absolute atomic E-state index is 0.00831. The summed E-state index contributed by atoms with van der Waals surface area (Å²) in [6.07, 6.45) is -4.33. The number of fused-ring (bicyclic) bond motifs is 3. The highest BCUT2D eigenvalue weighted by Gasteiger charge is 2.54. The van der Waals surface area contributed by atoms with Crippen LogP contribution < -0.4 is 4.74 Å². The molecule has 5 heteroatoms. The normalized spacial score (nSPS) is 30.2. The van der Waals surface area contributed by atoms with Crippen molar-refractivity contribution in [3.05, 3.63) is 29.3 Å². The van der Waals surface area contributed by atoms with Crippen LogP contribution in [0.25, 0.3) is 0 Å². The Kier molecular flexibility index (Phi) is 2.17. The summed E-state index contributed by atoms with van der Waals surface area (Å²) in [5.41, 5.74) is -0.0563. The molecule has 1 aliphatic carbocycles. The number of rotatable bonds is 1. The second kappa shape index (κ2) is 3.38. The molecule has 3 rings (SSSR count). The molecular weight excluding hydrogens is 233 g/mol. The Balaban J connectivity index is 2.00. The standard InChI is InChI=1S/C12H11F3O2/c13-12(14,15)6-1-2-10-7(3-6)11-8(4-16)9(11)5-17-10/h1-3,8-9,11,16H,4-5H2. The highest BCUT2D eigenvalue weighted by molar-refractivity contribution is 5.46. The van der Waals surface area contributed by atoms with Crippen LogP contribution in [0.4, 0.5) is 13.2 Å². The molecule has 3 unspecified atom stereocenters. The molecule has 1 fully saturated rings. The van der Waals surface area contributed by atoms with E-state index in [2.05, 4.69) is 0 Å². The lowest BCUT2D eigenvalue weighted by atomic mass is 10.0. The fraction of sp³-hybridized carbons (Fsp3) is 0.500. The van der Waals surface area contributed by atoms with Crippen molar-refractivity contribution in [2.24, 2.45) is 11.8 Å². The van der Waals surface area contributed by atoms with Gasteiger partial charge in [0.25, 0.3) is 0 Å². The lowest BCUT2D eigenvalue weighted by Gasteiger charge is -2.18. The minimum Gasteiger partial charge on any atom is -0.493 e. The van der Waals surface area contributed by atoms with Gasteiger partial charge in [-0.2, -0.15) is 13.2 Å². The van der Waals surface area contributed by atoms with Crippen LogP contribution >= 0.6 is 0 Å². The van der Waals surface area contributed by atoms with Gasteiger partial charge in [-0.25, -0.2) is 0 Å². The highest BCUT2D eigenvalue weighted by Crippen LogP contribution is 2.59. The average molecular weight is 244 g/mol. The Labute approximate surface area is 96.0 Å². The Morgan fingerprint density at radius 1 is 1.35 bits per heavy atom. The maximum absolute atomic E-state index is 12.6. The molecule has 0 bridgehead atoms. The predicted octanol–water partition coefficient (Wildman–Crippen LogP) is 2.42. The highest BCUT2D eigenvalue weighted by atomic mass is 19.4. The van der Waals surface area contributed by atoms with Crippen LogP contribution in [0.2, 0.25) is 0 Å². The van der Waals surface area contributed by atoms with Crippen molar-refractivity contribution in [3.63, 3.8) is 0 Å². The molecule has 1 N–H and O–H groups in total. The fourth-order valence-corrected chi connectivity index (χ4v) is 2.69. The van der Waals surface area contributed by atoms with Crippen molar-refractivity contribution in [2.75, 3.05) is 13.2 Å². The van der Waals surface area contributed by atoms with Crippen molar-refractivity contribution < 1.29 is 23.0 Å². The van der Waals surface area contributed by atoms with Crippen molar-refractivity contribution in [1.29, 1.82) is 0 Å². The average Bonchev–Trinajstić information content (AvgIpc) is 3.00. The van der Waals surface area contributed by atoms with Gasteiger partial charge in [-0.05, 0) is 35.6 Å². The summed E-state index contributed by atoms with van der Waals surface area (Å²) in [5.74, 6) is 0.789. The number of halogens is 3. The molecule has 0 saturated heterocycles. The summed E-state index contributed by atoms with van der Waals surface area (Å²) < 4.78 is 43.2. The van der Waals surface area contributed by atoms with Crippen LogP contribution in [-0.4, -0.2) is 18.3 Å². The zero-order valence-electron chi connectivity index (χ0n) is 8.87. The number of aliphatic hydroxyl groups is 1. The second-order valence-corrected chi connectivity index (χ2v) is 4.60. The molecule has 1 heterocycles. The van der Waals surface area contributed by atoms with Crippen molar-refractivity contribution in [3.8, 4) is 5.75 Å². The zero-order valence-corrected chi connectivity index (χ0v) is 8.87. The molecule has 92 valence electrons. The lowest BCUT2D eigenvalue weighted by molar-refractivity contribution is -0.137. The van der Waals surface area contributed by atoms with E-state index >= 15 is 0 Å². The van der Waals surface area contributed by atoms with E-state index in [-0.39, 0.29) is 24.4 Å². The van der Waals surface area contributed by atoms with E-state index in [4.69, 9.17) is 9.84 Å². The van der Waals surface area contributed by atoms with Crippen LogP contribution in [0, 0.1) is 11.8 Å². The molecule has 1 aliphatic heterocycles. The fourth-order valence-electron chi connectivity index (χ4n) is 2.69. The van der Waals surface area contributed by atoms with Gasteiger partial charge in [-0.1, -0.05) is 0 Å². The first kappa shape index (κ1) is 10.9. The largest absolute Gasteiger partial charge is 0.493 e. The van der Waals surface area contributed by atoms with E-state index in [1.807, 2.05) is 0 Å². The van der Waals surface area contributed by atoms with Crippen LogP contribution in [0.1, 0.15) is 17.0 Å². The van der Waals surface area contributed by atoms with E-state index in [0.29, 0.717) is 17.9 Å². The van der Waals surface area contributed by atoms with Gasteiger partial charge < -0.3 is 9.84 Å². The molecule has 17 heavy (non-hydrogen) atoms. The van der Waals surface area contributed by atoms with Crippen LogP contribution in [0.15, 0.2) is 18.2 Å². The second-order valence-electron chi connectivity index (χ2n) is 4.60. The maximum Gasteiger partial charge on any atom is 0.416 e. The van der Waals surface area contributed by atoms with Crippen molar-refractivity contribution >= 4 is 0 Å². The number of hydrogen-bond donors (Lipinski definition) is 1. The molecule has 2 aliphatic rings. The zero-order chi connectivity index (χ0) is 12.2. The monoisotopic (exact) mass is 244 g/mol. The topological polar surface area (TPSA) is 29.5 Å². The maximum atomic E-state index is 12.6. The van der Waals surface area contributed by atoms with Gasteiger partial charge in [0.2, 0.25) is 0 Å². The molecule has 3 atom stereocenters. The number of hydrogen-bond acceptors (Lipinski definition) is 2. The van der Waals surface area contributed by atoms with E-state index in [0.717, 1.165) is 12.1 Å². The number of aliphatic hydroxyl groups excluding tert-OH is 1. The molecular formula is C12H11F3O2. The molecule has 0 amide bonds. The van der Waals surface area contributed by atoms with Gasteiger partial charge in [-0.15, -0.1) is 0 Å². The Hall–Kier alpha value is -1.23. The number of alkyl halides is 3. The van der Waals surface area contributed by atoms with E-state index in [9.17, 15) is 13.2 Å². The SMILES string of the molecule is OCC1C2COc3ccc(C(F)(F)F)cc3C12. The third-order valence-corrected chi connectivity index (χ3v) is 3.67. The molecule has 1 saturated carbocycles. The Morgan fingerprint density at radius 2 is 2.12 bits per heavy atom. The van der Waals surface area contributed by atoms with Crippen molar-refractivity contribution in [1.82, 2.24) is 0 Å². The third kappa shape index (κ3) is 1.60. The van der Waals surface area contributed by atoms with Crippen molar-refractivity contribution in [2.45, 2.75) is 12.1 Å². The van der Waals surface area contributed by atoms with Crippen LogP contribution in [0.3, 0.4) is 0 Å². The van der Waals surface area contributed by atoms with Gasteiger partial charge in [0.1, 0.15) is 5.75 Å². The summed E-state index contributed by atoms with van der Waals surface area (Å²) in [4.78, 5) is 0. The van der Waals surface area contributed by atoms with E-state index in [1.165, 1.54) is 6.07 Å². The number of benzene rings is 1. The van der Waals surface area contributed by atoms with Crippen LogP contribution in [0.5, 0.6) is 5.75 Å². The molecule has 0 radical (unpaired) electrons. The first-order valence-electron chi connectivity index (χ1n) is 5.47. The first-order valence-corrected chi connectivity index (χ1v) is 5.47. The van der Waals surface area contributed by atoms with E-state index in [1.54, 1.807) is 0 Å². The van der Waals surface area contributed by atoms with Gasteiger partial charge in [0, 0.05) is 12.5 Å². The van der Waals surface area contributed by atoms with E-state index < -0.39 is 11.7 Å². The molecule has 0 spiro atoms. The summed E-state index contributed by atoms with van der Waals surface area (Å²) in [6, 6.07) is 3.57. The summed E-state index contributed by atoms with van der Waals surface area (Å²) in [7, 11) is 0. The Morgan fingerprint density at radius 3 is 2.76 bits per heavy atom. The predicted molar refractivity (Wildman–Crippen MR) is 53.7 cm³/mol. The quantitative estimate of drug-likeness (QED) is 0.822. The summed E-state index contributed by atoms with van der Waals surface area (Å²) in [6.45, 7) is 0.503. The van der Waals surface area contributed by atoms with Gasteiger partial charge >= 0.3 is 6.18 Å². The van der Waals surface area contributed by atoms with Gasteiger partial charge in [0.05, 0.1) is 12.2 Å². The van der Waals surface area contributed by atoms with Gasteiger partial charge in [0.15, 0.2) is 0 Å².